The lowest BCUT2D eigenvalue weighted by molar-refractivity contribution is -0.387. The van der Waals surface area contributed by atoms with Gasteiger partial charge in [-0.2, -0.15) is 0 Å². The maximum absolute atomic E-state index is 12.5. The first-order chi connectivity index (χ1) is 13.3. The van der Waals surface area contributed by atoms with Crippen LogP contribution in [0.3, 0.4) is 0 Å². The molecule has 1 aliphatic rings. The third-order valence-electron chi connectivity index (χ3n) is 4.50. The Morgan fingerprint density at radius 3 is 2.54 bits per heavy atom. The van der Waals surface area contributed by atoms with Gasteiger partial charge in [-0.15, -0.1) is 0 Å². The molecule has 0 saturated carbocycles. The second-order valence-corrected chi connectivity index (χ2v) is 8.08. The van der Waals surface area contributed by atoms with Gasteiger partial charge in [0.25, 0.3) is 5.69 Å². The minimum Gasteiger partial charge on any atom is -0.497 e. The van der Waals surface area contributed by atoms with Crippen molar-refractivity contribution in [3.05, 3.63) is 58.6 Å². The average molecular weight is 405 g/mol. The van der Waals surface area contributed by atoms with Crippen molar-refractivity contribution in [2.75, 3.05) is 25.1 Å². The van der Waals surface area contributed by atoms with Gasteiger partial charge in [-0.05, 0) is 36.2 Å². The molecule has 0 bridgehead atoms. The lowest BCUT2D eigenvalue weighted by atomic mass is 10.1. The Labute approximate surface area is 162 Å². The van der Waals surface area contributed by atoms with Crippen molar-refractivity contribution in [1.29, 1.82) is 0 Å². The summed E-state index contributed by atoms with van der Waals surface area (Å²) >= 11 is 0. The molecule has 2 aromatic rings. The summed E-state index contributed by atoms with van der Waals surface area (Å²) < 4.78 is 32.5. The number of para-hydroxylation sites is 1. The zero-order chi connectivity index (χ0) is 20.3. The fourth-order valence-corrected chi connectivity index (χ4v) is 4.36. The molecule has 1 atom stereocenters. The van der Waals surface area contributed by atoms with Crippen molar-refractivity contribution < 1.29 is 22.9 Å². The van der Waals surface area contributed by atoms with Crippen LogP contribution in [0.1, 0.15) is 6.42 Å². The molecule has 10 heteroatoms. The molecule has 2 aromatic carbocycles. The minimum absolute atomic E-state index is 0.00672. The Morgan fingerprint density at radius 1 is 1.21 bits per heavy atom. The van der Waals surface area contributed by atoms with E-state index in [0.717, 1.165) is 6.07 Å². The molecule has 1 heterocycles. The van der Waals surface area contributed by atoms with E-state index in [4.69, 9.17) is 4.74 Å². The second kappa shape index (κ2) is 7.95. The van der Waals surface area contributed by atoms with Gasteiger partial charge in [0.15, 0.2) is 4.90 Å². The number of ether oxygens (including phenoxy) is 1. The highest BCUT2D eigenvalue weighted by atomic mass is 32.2. The van der Waals surface area contributed by atoms with Crippen LogP contribution < -0.4 is 14.4 Å². The van der Waals surface area contributed by atoms with Crippen molar-refractivity contribution >= 4 is 27.3 Å². The van der Waals surface area contributed by atoms with Gasteiger partial charge < -0.3 is 9.64 Å². The zero-order valence-electron chi connectivity index (χ0n) is 15.1. The predicted octanol–water partition coefficient (Wildman–Crippen LogP) is 1.93. The maximum atomic E-state index is 12.5. The van der Waals surface area contributed by atoms with Crippen LogP contribution >= 0.6 is 0 Å². The van der Waals surface area contributed by atoms with Gasteiger partial charge in [-0.25, -0.2) is 13.1 Å². The minimum atomic E-state index is -4.07. The average Bonchev–Trinajstić information content (AvgIpc) is 3.07. The molecule has 1 saturated heterocycles. The normalized spacial score (nSPS) is 17.0. The highest BCUT2D eigenvalue weighted by molar-refractivity contribution is 7.89. The number of hydrogen-bond acceptors (Lipinski definition) is 6. The van der Waals surface area contributed by atoms with E-state index in [9.17, 15) is 23.3 Å². The summed E-state index contributed by atoms with van der Waals surface area (Å²) in [6.45, 7) is 0.358. The third kappa shape index (κ3) is 4.12. The number of anilines is 1. The van der Waals surface area contributed by atoms with E-state index in [1.54, 1.807) is 36.3 Å². The highest BCUT2D eigenvalue weighted by Crippen LogP contribution is 2.27. The molecule has 1 amide bonds. The molecule has 1 N–H and O–H groups in total. The first-order valence-corrected chi connectivity index (χ1v) is 9.97. The van der Waals surface area contributed by atoms with Crippen molar-refractivity contribution in [3.63, 3.8) is 0 Å². The van der Waals surface area contributed by atoms with E-state index in [-0.39, 0.29) is 24.8 Å². The second-order valence-electron chi connectivity index (χ2n) is 6.35. The van der Waals surface area contributed by atoms with Crippen molar-refractivity contribution in [2.24, 2.45) is 5.92 Å². The fourth-order valence-electron chi connectivity index (χ4n) is 3.07. The van der Waals surface area contributed by atoms with E-state index in [2.05, 4.69) is 4.72 Å². The Morgan fingerprint density at radius 2 is 1.89 bits per heavy atom. The zero-order valence-corrected chi connectivity index (χ0v) is 15.9. The summed E-state index contributed by atoms with van der Waals surface area (Å²) in [5, 5.41) is 11.1. The van der Waals surface area contributed by atoms with Gasteiger partial charge in [0, 0.05) is 31.3 Å². The number of rotatable bonds is 7. The molecule has 3 rings (SSSR count). The summed E-state index contributed by atoms with van der Waals surface area (Å²) in [6.07, 6.45) is 0.186. The van der Waals surface area contributed by atoms with Crippen LogP contribution in [0.2, 0.25) is 0 Å². The number of carbonyl (C=O) groups is 1. The van der Waals surface area contributed by atoms with Crippen LogP contribution in [0.4, 0.5) is 11.4 Å². The number of nitro benzene ring substituents is 1. The van der Waals surface area contributed by atoms with Crippen molar-refractivity contribution in [2.45, 2.75) is 11.3 Å². The quantitative estimate of drug-likeness (QED) is 0.555. The Hall–Kier alpha value is -2.98. The molecule has 1 aliphatic heterocycles. The van der Waals surface area contributed by atoms with E-state index >= 15 is 0 Å². The van der Waals surface area contributed by atoms with Crippen molar-refractivity contribution in [1.82, 2.24) is 4.72 Å². The summed E-state index contributed by atoms with van der Waals surface area (Å²) in [7, 11) is -2.52. The lowest BCUT2D eigenvalue weighted by Gasteiger charge is -2.17. The largest absolute Gasteiger partial charge is 0.497 e. The van der Waals surface area contributed by atoms with Gasteiger partial charge in [0.1, 0.15) is 5.75 Å². The molecule has 0 aromatic heterocycles. The van der Waals surface area contributed by atoms with E-state index in [1.165, 1.54) is 18.2 Å². The number of hydrogen-bond donors (Lipinski definition) is 1. The Bertz CT molecular complexity index is 991. The van der Waals surface area contributed by atoms with Crippen LogP contribution in [0.5, 0.6) is 5.75 Å². The summed E-state index contributed by atoms with van der Waals surface area (Å²) in [5.41, 5.74) is 0.215. The third-order valence-corrected chi connectivity index (χ3v) is 5.97. The van der Waals surface area contributed by atoms with Crippen molar-refractivity contribution in [3.8, 4) is 5.75 Å². The van der Waals surface area contributed by atoms with Gasteiger partial charge in [0.05, 0.1) is 12.0 Å². The van der Waals surface area contributed by atoms with E-state index in [1.807, 2.05) is 0 Å². The molecular weight excluding hydrogens is 386 g/mol. The van der Waals surface area contributed by atoms with Gasteiger partial charge in [-0.1, -0.05) is 12.1 Å². The molecule has 28 heavy (non-hydrogen) atoms. The van der Waals surface area contributed by atoms with Crippen LogP contribution in [0.15, 0.2) is 53.4 Å². The number of nitro groups is 1. The first-order valence-electron chi connectivity index (χ1n) is 8.49. The van der Waals surface area contributed by atoms with Gasteiger partial charge in [0.2, 0.25) is 15.9 Å². The highest BCUT2D eigenvalue weighted by Gasteiger charge is 2.32. The summed E-state index contributed by atoms with van der Waals surface area (Å²) in [5.74, 6) is 0.316. The van der Waals surface area contributed by atoms with Crippen LogP contribution in [0.25, 0.3) is 0 Å². The molecule has 0 spiro atoms. The SMILES string of the molecule is COc1ccc(N2CC(CNS(=O)(=O)c3ccccc3[N+](=O)[O-])CC2=O)cc1. The van der Waals surface area contributed by atoms with E-state index in [0.29, 0.717) is 18.0 Å². The lowest BCUT2D eigenvalue weighted by Crippen LogP contribution is -2.31. The van der Waals surface area contributed by atoms with Crippen LogP contribution in [-0.4, -0.2) is 39.4 Å². The monoisotopic (exact) mass is 405 g/mol. The summed E-state index contributed by atoms with van der Waals surface area (Å²) in [6, 6.07) is 12.2. The fraction of sp³-hybridized carbons (Fsp3) is 0.278. The molecule has 9 nitrogen and oxygen atoms in total. The molecule has 1 fully saturated rings. The molecular formula is C18H19N3O6S. The Kier molecular flexibility index (Phi) is 5.61. The number of carbonyl (C=O) groups excluding carboxylic acids is 1. The number of amides is 1. The molecule has 1 unspecified atom stereocenters. The van der Waals surface area contributed by atoms with E-state index < -0.39 is 25.5 Å². The van der Waals surface area contributed by atoms with Gasteiger partial charge >= 0.3 is 0 Å². The molecule has 0 aliphatic carbocycles. The smallest absolute Gasteiger partial charge is 0.289 e. The number of nitrogens with one attached hydrogen (secondary N) is 1. The summed E-state index contributed by atoms with van der Waals surface area (Å²) in [4.78, 5) is 23.8. The topological polar surface area (TPSA) is 119 Å². The standard InChI is InChI=1S/C18H19N3O6S/c1-27-15-8-6-14(7-9-15)20-12-13(10-18(20)22)11-19-28(25,26)17-5-3-2-4-16(17)21(23)24/h2-9,13,19H,10-12H2,1H3. The predicted molar refractivity (Wildman–Crippen MR) is 102 cm³/mol. The number of methoxy groups -OCH3 is 1. The first kappa shape index (κ1) is 19.8. The van der Waals surface area contributed by atoms with Crippen LogP contribution in [-0.2, 0) is 14.8 Å². The van der Waals surface area contributed by atoms with Crippen LogP contribution in [0, 0.1) is 16.0 Å². The van der Waals surface area contributed by atoms with Gasteiger partial charge in [-0.3, -0.25) is 14.9 Å². The number of sulfonamides is 1. The number of nitrogens with zero attached hydrogens (tertiary/aromatic N) is 2. The Balaban J connectivity index is 1.68. The molecule has 148 valence electrons. The molecule has 0 radical (unpaired) electrons. The maximum Gasteiger partial charge on any atom is 0.289 e. The number of benzene rings is 2.